The predicted molar refractivity (Wildman–Crippen MR) is 82.5 cm³/mol. The number of carbonyl (C=O) groups excluding carboxylic acids is 1. The third-order valence-electron chi connectivity index (χ3n) is 3.47. The van der Waals surface area contributed by atoms with Gasteiger partial charge >= 0.3 is 6.03 Å². The first-order valence-electron chi connectivity index (χ1n) is 6.96. The number of para-hydroxylation sites is 1. The SMILES string of the molecule is COc1cccc(OC)c1NC(=O)/N=C1/CCCCN1C. The van der Waals surface area contributed by atoms with Crippen molar-refractivity contribution in [3.63, 3.8) is 0 Å². The minimum Gasteiger partial charge on any atom is -0.494 e. The lowest BCUT2D eigenvalue weighted by Crippen LogP contribution is -2.32. The van der Waals surface area contributed by atoms with Gasteiger partial charge < -0.3 is 14.4 Å². The normalized spacial score (nSPS) is 16.7. The van der Waals surface area contributed by atoms with E-state index in [0.717, 1.165) is 31.6 Å². The molecule has 0 aliphatic carbocycles. The van der Waals surface area contributed by atoms with Crippen molar-refractivity contribution in [2.24, 2.45) is 4.99 Å². The average Bonchev–Trinajstić information content (AvgIpc) is 2.49. The Morgan fingerprint density at radius 2 is 1.90 bits per heavy atom. The van der Waals surface area contributed by atoms with Crippen molar-refractivity contribution in [3.8, 4) is 11.5 Å². The van der Waals surface area contributed by atoms with Gasteiger partial charge in [-0.25, -0.2) is 4.79 Å². The average molecular weight is 291 g/mol. The van der Waals surface area contributed by atoms with E-state index in [-0.39, 0.29) is 0 Å². The Balaban J connectivity index is 2.17. The van der Waals surface area contributed by atoms with Crippen molar-refractivity contribution in [3.05, 3.63) is 18.2 Å². The molecule has 6 heteroatoms. The standard InChI is InChI=1S/C15H21N3O3/c1-18-10-5-4-9-13(18)16-15(19)17-14-11(20-2)7-6-8-12(14)21-3/h6-8H,4-5,9-10H2,1-3H3,(H,17,19)/b16-13-. The summed E-state index contributed by atoms with van der Waals surface area (Å²) in [6, 6.07) is 4.91. The highest BCUT2D eigenvalue weighted by atomic mass is 16.5. The number of rotatable bonds is 3. The van der Waals surface area contributed by atoms with Crippen molar-refractivity contribution >= 4 is 17.6 Å². The highest BCUT2D eigenvalue weighted by Gasteiger charge is 2.16. The van der Waals surface area contributed by atoms with E-state index in [4.69, 9.17) is 9.47 Å². The lowest BCUT2D eigenvalue weighted by atomic mass is 10.1. The van der Waals surface area contributed by atoms with Crippen LogP contribution in [0, 0.1) is 0 Å². The van der Waals surface area contributed by atoms with Crippen LogP contribution in [0.4, 0.5) is 10.5 Å². The van der Waals surface area contributed by atoms with Crippen LogP contribution in [0.5, 0.6) is 11.5 Å². The van der Waals surface area contributed by atoms with Crippen LogP contribution in [0.15, 0.2) is 23.2 Å². The highest BCUT2D eigenvalue weighted by Crippen LogP contribution is 2.34. The summed E-state index contributed by atoms with van der Waals surface area (Å²) in [7, 11) is 5.05. The molecule has 1 N–H and O–H groups in total. The number of piperidine rings is 1. The fraction of sp³-hybridized carbons (Fsp3) is 0.467. The number of carbonyl (C=O) groups is 1. The second-order valence-electron chi connectivity index (χ2n) is 4.87. The number of methoxy groups -OCH3 is 2. The molecule has 1 aliphatic heterocycles. The minimum absolute atomic E-state index is 0.415. The summed E-state index contributed by atoms with van der Waals surface area (Å²) < 4.78 is 10.5. The van der Waals surface area contributed by atoms with Crippen LogP contribution in [0.25, 0.3) is 0 Å². The summed E-state index contributed by atoms with van der Waals surface area (Å²) >= 11 is 0. The molecule has 1 saturated heterocycles. The summed E-state index contributed by atoms with van der Waals surface area (Å²) in [5, 5.41) is 2.75. The molecule has 1 aliphatic rings. The number of nitrogens with one attached hydrogen (secondary N) is 1. The van der Waals surface area contributed by atoms with Crippen LogP contribution in [0.3, 0.4) is 0 Å². The first-order valence-corrected chi connectivity index (χ1v) is 6.96. The van der Waals surface area contributed by atoms with Gasteiger partial charge in [0.25, 0.3) is 0 Å². The van der Waals surface area contributed by atoms with Gasteiger partial charge in [0.2, 0.25) is 0 Å². The van der Waals surface area contributed by atoms with Crippen molar-refractivity contribution in [2.75, 3.05) is 33.1 Å². The van der Waals surface area contributed by atoms with Gasteiger partial charge in [0.1, 0.15) is 23.0 Å². The van der Waals surface area contributed by atoms with Crippen molar-refractivity contribution in [1.29, 1.82) is 0 Å². The van der Waals surface area contributed by atoms with Gasteiger partial charge in [0, 0.05) is 20.0 Å². The monoisotopic (exact) mass is 291 g/mol. The summed E-state index contributed by atoms with van der Waals surface area (Å²) in [5.74, 6) is 1.90. The van der Waals surface area contributed by atoms with Gasteiger partial charge in [-0.05, 0) is 25.0 Å². The maximum absolute atomic E-state index is 12.1. The van der Waals surface area contributed by atoms with Crippen LogP contribution >= 0.6 is 0 Å². The van der Waals surface area contributed by atoms with Gasteiger partial charge in [-0.3, -0.25) is 5.32 Å². The molecule has 1 heterocycles. The van der Waals surface area contributed by atoms with E-state index in [0.29, 0.717) is 17.2 Å². The molecule has 0 unspecified atom stereocenters. The van der Waals surface area contributed by atoms with E-state index in [9.17, 15) is 4.79 Å². The third kappa shape index (κ3) is 3.65. The zero-order valence-electron chi connectivity index (χ0n) is 12.7. The van der Waals surface area contributed by atoms with Crippen LogP contribution in [-0.2, 0) is 0 Å². The largest absolute Gasteiger partial charge is 0.494 e. The fourth-order valence-electron chi connectivity index (χ4n) is 2.32. The molecule has 2 rings (SSSR count). The van der Waals surface area contributed by atoms with E-state index < -0.39 is 6.03 Å². The number of nitrogens with zero attached hydrogens (tertiary/aromatic N) is 2. The molecule has 1 aromatic carbocycles. The molecule has 21 heavy (non-hydrogen) atoms. The van der Waals surface area contributed by atoms with E-state index in [2.05, 4.69) is 10.3 Å². The minimum atomic E-state index is -0.415. The number of ether oxygens (including phenoxy) is 2. The lowest BCUT2D eigenvalue weighted by molar-refractivity contribution is 0.258. The number of hydrogen-bond donors (Lipinski definition) is 1. The van der Waals surface area contributed by atoms with Crippen LogP contribution in [-0.4, -0.2) is 44.6 Å². The molecule has 0 aromatic heterocycles. The molecule has 0 spiro atoms. The third-order valence-corrected chi connectivity index (χ3v) is 3.47. The molecule has 0 atom stereocenters. The number of benzene rings is 1. The van der Waals surface area contributed by atoms with Gasteiger partial charge in [-0.15, -0.1) is 0 Å². The number of likely N-dealkylation sites (tertiary alicyclic amines) is 1. The molecule has 1 fully saturated rings. The number of hydrogen-bond acceptors (Lipinski definition) is 3. The molecule has 6 nitrogen and oxygen atoms in total. The Morgan fingerprint density at radius 3 is 2.48 bits per heavy atom. The Morgan fingerprint density at radius 1 is 1.24 bits per heavy atom. The van der Waals surface area contributed by atoms with Crippen LogP contribution < -0.4 is 14.8 Å². The lowest BCUT2D eigenvalue weighted by Gasteiger charge is -2.25. The smallest absolute Gasteiger partial charge is 0.347 e. The second kappa shape index (κ2) is 6.97. The predicted octanol–water partition coefficient (Wildman–Crippen LogP) is 2.75. The first kappa shape index (κ1) is 15.2. The Bertz CT molecular complexity index is 521. The van der Waals surface area contributed by atoms with E-state index in [1.54, 1.807) is 32.4 Å². The number of amides is 2. The van der Waals surface area contributed by atoms with Gasteiger partial charge in [-0.2, -0.15) is 4.99 Å². The highest BCUT2D eigenvalue weighted by molar-refractivity contribution is 6.01. The van der Waals surface area contributed by atoms with Crippen molar-refractivity contribution in [1.82, 2.24) is 4.90 Å². The number of amidine groups is 1. The fourth-order valence-corrected chi connectivity index (χ4v) is 2.32. The summed E-state index contributed by atoms with van der Waals surface area (Å²) in [4.78, 5) is 18.3. The number of urea groups is 1. The second-order valence-corrected chi connectivity index (χ2v) is 4.87. The topological polar surface area (TPSA) is 63.2 Å². The van der Waals surface area contributed by atoms with Crippen molar-refractivity contribution < 1.29 is 14.3 Å². The van der Waals surface area contributed by atoms with Gasteiger partial charge in [0.05, 0.1) is 14.2 Å². The number of anilines is 1. The molecule has 0 saturated carbocycles. The summed E-state index contributed by atoms with van der Waals surface area (Å²) in [6.45, 7) is 0.935. The Kier molecular flexibility index (Phi) is 5.03. The van der Waals surface area contributed by atoms with Crippen LogP contribution in [0.1, 0.15) is 19.3 Å². The molecule has 114 valence electrons. The Labute approximate surface area is 124 Å². The first-order chi connectivity index (χ1) is 10.2. The van der Waals surface area contributed by atoms with Crippen molar-refractivity contribution in [2.45, 2.75) is 19.3 Å². The maximum Gasteiger partial charge on any atom is 0.347 e. The zero-order chi connectivity index (χ0) is 15.2. The maximum atomic E-state index is 12.1. The number of aliphatic imine (C=N–C) groups is 1. The molecule has 1 aromatic rings. The molecule has 2 amide bonds. The molecular formula is C15H21N3O3. The zero-order valence-corrected chi connectivity index (χ0v) is 12.7. The van der Waals surface area contributed by atoms with E-state index in [1.165, 1.54) is 0 Å². The molecule has 0 radical (unpaired) electrons. The Hall–Kier alpha value is -2.24. The summed E-state index contributed by atoms with van der Waals surface area (Å²) in [6.07, 6.45) is 3.03. The molecule has 0 bridgehead atoms. The van der Waals surface area contributed by atoms with Gasteiger partial charge in [0.15, 0.2) is 0 Å². The quantitative estimate of drug-likeness (QED) is 0.930. The molecular weight excluding hydrogens is 270 g/mol. The van der Waals surface area contributed by atoms with E-state index in [1.807, 2.05) is 11.9 Å². The summed E-state index contributed by atoms with van der Waals surface area (Å²) in [5.41, 5.74) is 0.496. The van der Waals surface area contributed by atoms with Crippen LogP contribution in [0.2, 0.25) is 0 Å². The van der Waals surface area contributed by atoms with E-state index >= 15 is 0 Å². The van der Waals surface area contributed by atoms with Gasteiger partial charge in [-0.1, -0.05) is 6.07 Å².